The summed E-state index contributed by atoms with van der Waals surface area (Å²) in [6.07, 6.45) is 1.03. The minimum Gasteiger partial charge on any atom is -0.494 e. The monoisotopic (exact) mass is 280 g/mol. The fourth-order valence-corrected chi connectivity index (χ4v) is 1.82. The van der Waals surface area contributed by atoms with Gasteiger partial charge in [-0.2, -0.15) is 0 Å². The molecule has 20 heavy (non-hydrogen) atoms. The predicted molar refractivity (Wildman–Crippen MR) is 83.3 cm³/mol. The highest BCUT2D eigenvalue weighted by atomic mass is 16.5. The molecule has 0 fully saturated rings. The van der Waals surface area contributed by atoms with E-state index in [-0.39, 0.29) is 0 Å². The van der Waals surface area contributed by atoms with Gasteiger partial charge in [0, 0.05) is 32.8 Å². The van der Waals surface area contributed by atoms with Crippen molar-refractivity contribution in [3.8, 4) is 5.75 Å². The average molecular weight is 280 g/mol. The fourth-order valence-electron chi connectivity index (χ4n) is 1.82. The van der Waals surface area contributed by atoms with Gasteiger partial charge in [-0.15, -0.1) is 0 Å². The SMILES string of the molecule is CCCOc1cccc(CNC(C)CNCCOC)c1. The third kappa shape index (κ3) is 7.48. The standard InChI is InChI=1S/C16H28N2O2/c1-4-9-20-16-7-5-6-15(11-16)13-18-14(2)12-17-8-10-19-3/h5-7,11,14,17-18H,4,8-10,12-13H2,1-3H3. The second-order valence-electron chi connectivity index (χ2n) is 4.97. The maximum atomic E-state index is 5.64. The second-order valence-corrected chi connectivity index (χ2v) is 4.97. The smallest absolute Gasteiger partial charge is 0.119 e. The van der Waals surface area contributed by atoms with Crippen molar-refractivity contribution in [3.63, 3.8) is 0 Å². The van der Waals surface area contributed by atoms with Crippen LogP contribution in [0.1, 0.15) is 25.8 Å². The summed E-state index contributed by atoms with van der Waals surface area (Å²) in [6, 6.07) is 8.70. The minimum atomic E-state index is 0.423. The van der Waals surface area contributed by atoms with E-state index in [4.69, 9.17) is 9.47 Å². The predicted octanol–water partition coefficient (Wildman–Crippen LogP) is 2.19. The fraction of sp³-hybridized carbons (Fsp3) is 0.625. The number of benzene rings is 1. The Hall–Kier alpha value is -1.10. The molecule has 0 saturated carbocycles. The van der Waals surface area contributed by atoms with Crippen molar-refractivity contribution in [2.24, 2.45) is 0 Å². The summed E-state index contributed by atoms with van der Waals surface area (Å²) in [5, 5.41) is 6.85. The zero-order valence-corrected chi connectivity index (χ0v) is 12.9. The van der Waals surface area contributed by atoms with Crippen molar-refractivity contribution < 1.29 is 9.47 Å². The van der Waals surface area contributed by atoms with Gasteiger partial charge in [0.1, 0.15) is 5.75 Å². The van der Waals surface area contributed by atoms with Crippen LogP contribution in [0.4, 0.5) is 0 Å². The summed E-state index contributed by atoms with van der Waals surface area (Å²) in [5.41, 5.74) is 1.25. The Morgan fingerprint density at radius 3 is 2.85 bits per heavy atom. The van der Waals surface area contributed by atoms with Crippen molar-refractivity contribution in [1.82, 2.24) is 10.6 Å². The van der Waals surface area contributed by atoms with E-state index >= 15 is 0 Å². The summed E-state index contributed by atoms with van der Waals surface area (Å²) in [7, 11) is 1.72. The molecule has 4 nitrogen and oxygen atoms in total. The molecule has 114 valence electrons. The van der Waals surface area contributed by atoms with Crippen LogP contribution >= 0.6 is 0 Å². The molecule has 0 bridgehead atoms. The normalized spacial score (nSPS) is 12.3. The molecule has 0 aromatic heterocycles. The Morgan fingerprint density at radius 1 is 1.25 bits per heavy atom. The number of ether oxygens (including phenoxy) is 2. The van der Waals surface area contributed by atoms with Gasteiger partial charge in [-0.05, 0) is 31.0 Å². The van der Waals surface area contributed by atoms with Gasteiger partial charge >= 0.3 is 0 Å². The summed E-state index contributed by atoms with van der Waals surface area (Å²) in [4.78, 5) is 0. The quantitative estimate of drug-likeness (QED) is 0.610. The van der Waals surface area contributed by atoms with E-state index in [0.29, 0.717) is 6.04 Å². The van der Waals surface area contributed by atoms with Crippen LogP contribution in [0.25, 0.3) is 0 Å². The highest BCUT2D eigenvalue weighted by Crippen LogP contribution is 2.13. The van der Waals surface area contributed by atoms with Gasteiger partial charge < -0.3 is 20.1 Å². The molecule has 0 aliphatic heterocycles. The maximum absolute atomic E-state index is 5.64. The van der Waals surface area contributed by atoms with E-state index < -0.39 is 0 Å². The van der Waals surface area contributed by atoms with Crippen molar-refractivity contribution >= 4 is 0 Å². The van der Waals surface area contributed by atoms with Crippen molar-refractivity contribution in [2.75, 3.05) is 33.4 Å². The summed E-state index contributed by atoms with van der Waals surface area (Å²) in [6.45, 7) is 8.51. The number of nitrogens with one attached hydrogen (secondary N) is 2. The number of rotatable bonds is 11. The molecule has 1 aromatic rings. The highest BCUT2D eigenvalue weighted by molar-refractivity contribution is 5.28. The van der Waals surface area contributed by atoms with Crippen LogP contribution in [0.2, 0.25) is 0 Å². The van der Waals surface area contributed by atoms with E-state index in [2.05, 4.69) is 36.6 Å². The molecule has 0 heterocycles. The van der Waals surface area contributed by atoms with E-state index in [1.807, 2.05) is 12.1 Å². The average Bonchev–Trinajstić information content (AvgIpc) is 2.48. The summed E-state index contributed by atoms with van der Waals surface area (Å²) < 4.78 is 10.6. The van der Waals surface area contributed by atoms with Gasteiger partial charge in [-0.1, -0.05) is 19.1 Å². The van der Waals surface area contributed by atoms with Crippen LogP contribution in [0.15, 0.2) is 24.3 Å². The van der Waals surface area contributed by atoms with E-state index in [1.165, 1.54) is 5.56 Å². The lowest BCUT2D eigenvalue weighted by Gasteiger charge is -2.15. The van der Waals surface area contributed by atoms with Crippen molar-refractivity contribution in [2.45, 2.75) is 32.9 Å². The van der Waals surface area contributed by atoms with E-state index in [0.717, 1.165) is 45.0 Å². The number of hydrogen-bond acceptors (Lipinski definition) is 4. The second kappa shape index (κ2) is 10.7. The number of hydrogen-bond donors (Lipinski definition) is 2. The van der Waals surface area contributed by atoms with Gasteiger partial charge in [0.05, 0.1) is 13.2 Å². The highest BCUT2D eigenvalue weighted by Gasteiger charge is 2.02. The molecular formula is C16H28N2O2. The Morgan fingerprint density at radius 2 is 2.10 bits per heavy atom. The van der Waals surface area contributed by atoms with Crippen LogP contribution in [0.3, 0.4) is 0 Å². The van der Waals surface area contributed by atoms with Crippen molar-refractivity contribution in [3.05, 3.63) is 29.8 Å². The molecule has 1 rings (SSSR count). The molecular weight excluding hydrogens is 252 g/mol. The van der Waals surface area contributed by atoms with Crippen LogP contribution in [0.5, 0.6) is 5.75 Å². The first-order chi connectivity index (χ1) is 9.76. The van der Waals surface area contributed by atoms with Gasteiger partial charge in [-0.25, -0.2) is 0 Å². The molecule has 2 N–H and O–H groups in total. The first-order valence-electron chi connectivity index (χ1n) is 7.41. The van der Waals surface area contributed by atoms with Crippen LogP contribution < -0.4 is 15.4 Å². The Balaban J connectivity index is 2.26. The third-order valence-corrected chi connectivity index (χ3v) is 2.96. The molecule has 0 amide bonds. The van der Waals surface area contributed by atoms with Crippen molar-refractivity contribution in [1.29, 1.82) is 0 Å². The maximum Gasteiger partial charge on any atom is 0.119 e. The van der Waals surface area contributed by atoms with Crippen LogP contribution in [-0.2, 0) is 11.3 Å². The molecule has 0 spiro atoms. The lowest BCUT2D eigenvalue weighted by Crippen LogP contribution is -2.37. The van der Waals surface area contributed by atoms with Gasteiger partial charge in [-0.3, -0.25) is 0 Å². The lowest BCUT2D eigenvalue weighted by molar-refractivity contribution is 0.198. The summed E-state index contributed by atoms with van der Waals surface area (Å²) in [5.74, 6) is 0.956. The van der Waals surface area contributed by atoms with Crippen LogP contribution in [-0.4, -0.2) is 39.5 Å². The summed E-state index contributed by atoms with van der Waals surface area (Å²) >= 11 is 0. The molecule has 1 unspecified atom stereocenters. The number of methoxy groups -OCH3 is 1. The van der Waals surface area contributed by atoms with Gasteiger partial charge in [0.15, 0.2) is 0 Å². The topological polar surface area (TPSA) is 42.5 Å². The Labute approximate surface area is 122 Å². The first kappa shape index (κ1) is 17.0. The van der Waals surface area contributed by atoms with E-state index in [9.17, 15) is 0 Å². The largest absolute Gasteiger partial charge is 0.494 e. The molecule has 0 radical (unpaired) electrons. The third-order valence-electron chi connectivity index (χ3n) is 2.96. The lowest BCUT2D eigenvalue weighted by atomic mass is 10.2. The molecule has 0 aliphatic rings. The van der Waals surface area contributed by atoms with Crippen LogP contribution in [0, 0.1) is 0 Å². The van der Waals surface area contributed by atoms with Gasteiger partial charge in [0.2, 0.25) is 0 Å². The Kier molecular flexibility index (Phi) is 9.04. The molecule has 0 aliphatic carbocycles. The molecule has 1 aromatic carbocycles. The zero-order chi connectivity index (χ0) is 14.6. The zero-order valence-electron chi connectivity index (χ0n) is 12.9. The minimum absolute atomic E-state index is 0.423. The Bertz CT molecular complexity index is 358. The molecule has 0 saturated heterocycles. The molecule has 4 heteroatoms. The van der Waals surface area contributed by atoms with Gasteiger partial charge in [0.25, 0.3) is 0 Å². The first-order valence-corrected chi connectivity index (χ1v) is 7.41. The van der Waals surface area contributed by atoms with E-state index in [1.54, 1.807) is 7.11 Å². The molecule has 1 atom stereocenters.